The first kappa shape index (κ1) is 15.2. The van der Waals surface area contributed by atoms with E-state index in [9.17, 15) is 0 Å². The van der Waals surface area contributed by atoms with Crippen molar-refractivity contribution in [3.8, 4) is 0 Å². The molecule has 0 aromatic heterocycles. The molecule has 0 fully saturated rings. The average molecular weight is 249 g/mol. The molecule has 0 saturated heterocycles. The van der Waals surface area contributed by atoms with Gasteiger partial charge in [-0.2, -0.15) is 0 Å². The van der Waals surface area contributed by atoms with Crippen LogP contribution in [0, 0.1) is 0 Å². The third kappa shape index (κ3) is 6.77. The molecule has 18 heavy (non-hydrogen) atoms. The fraction of sp³-hybridized carbons (Fsp3) is 0.625. The lowest BCUT2D eigenvalue weighted by Gasteiger charge is -2.18. The van der Waals surface area contributed by atoms with Crippen LogP contribution in [0.1, 0.15) is 38.2 Å². The van der Waals surface area contributed by atoms with E-state index >= 15 is 0 Å². The van der Waals surface area contributed by atoms with Crippen LogP contribution in [0.3, 0.4) is 0 Å². The first-order chi connectivity index (χ1) is 8.86. The lowest BCUT2D eigenvalue weighted by molar-refractivity contribution is 0.180. The van der Waals surface area contributed by atoms with Crippen LogP contribution in [0.4, 0.5) is 0 Å². The van der Waals surface area contributed by atoms with Crippen LogP contribution < -0.4 is 5.32 Å². The molecule has 1 N–H and O–H groups in total. The van der Waals surface area contributed by atoms with Crippen molar-refractivity contribution in [1.29, 1.82) is 0 Å². The maximum absolute atomic E-state index is 5.18. The molecule has 102 valence electrons. The predicted octanol–water partition coefficient (Wildman–Crippen LogP) is 3.41. The zero-order valence-electron chi connectivity index (χ0n) is 11.8. The zero-order chi connectivity index (χ0) is 13.1. The van der Waals surface area contributed by atoms with Crippen molar-refractivity contribution < 1.29 is 4.74 Å². The first-order valence-electron chi connectivity index (χ1n) is 7.13. The van der Waals surface area contributed by atoms with Gasteiger partial charge in [-0.25, -0.2) is 0 Å². The number of benzene rings is 1. The van der Waals surface area contributed by atoms with Crippen LogP contribution in [0.2, 0.25) is 0 Å². The third-order valence-electron chi connectivity index (χ3n) is 3.21. The molecule has 1 aromatic carbocycles. The Balaban J connectivity index is 2.23. The Bertz CT molecular complexity index is 278. The summed E-state index contributed by atoms with van der Waals surface area (Å²) >= 11 is 0. The molecule has 2 nitrogen and oxygen atoms in total. The molecule has 2 heteroatoms. The summed E-state index contributed by atoms with van der Waals surface area (Å²) in [6.45, 7) is 4.18. The molecule has 0 radical (unpaired) electrons. The number of rotatable bonds is 10. The van der Waals surface area contributed by atoms with E-state index in [1.807, 2.05) is 0 Å². The van der Waals surface area contributed by atoms with Gasteiger partial charge in [0.05, 0.1) is 0 Å². The topological polar surface area (TPSA) is 21.3 Å². The van der Waals surface area contributed by atoms with Gasteiger partial charge >= 0.3 is 0 Å². The van der Waals surface area contributed by atoms with Crippen molar-refractivity contribution in [1.82, 2.24) is 5.32 Å². The van der Waals surface area contributed by atoms with Crippen LogP contribution >= 0.6 is 0 Å². The van der Waals surface area contributed by atoms with E-state index in [1.165, 1.54) is 31.2 Å². The van der Waals surface area contributed by atoms with Crippen molar-refractivity contribution in [2.75, 3.05) is 20.3 Å². The third-order valence-corrected chi connectivity index (χ3v) is 3.21. The molecular weight excluding hydrogens is 222 g/mol. The van der Waals surface area contributed by atoms with Crippen LogP contribution in [-0.4, -0.2) is 26.3 Å². The lowest BCUT2D eigenvalue weighted by Crippen LogP contribution is -2.31. The number of hydrogen-bond acceptors (Lipinski definition) is 2. The van der Waals surface area contributed by atoms with E-state index in [0.29, 0.717) is 6.04 Å². The largest absolute Gasteiger partial charge is 0.385 e. The van der Waals surface area contributed by atoms with Gasteiger partial charge in [0.25, 0.3) is 0 Å². The fourth-order valence-electron chi connectivity index (χ4n) is 2.15. The Labute approximate surface area is 112 Å². The monoisotopic (exact) mass is 249 g/mol. The Morgan fingerprint density at radius 3 is 2.61 bits per heavy atom. The summed E-state index contributed by atoms with van der Waals surface area (Å²) in [6, 6.07) is 11.3. The minimum atomic E-state index is 0.605. The average Bonchev–Trinajstić information content (AvgIpc) is 2.42. The van der Waals surface area contributed by atoms with E-state index in [4.69, 9.17) is 4.74 Å². The van der Waals surface area contributed by atoms with Gasteiger partial charge in [-0.05, 0) is 44.2 Å². The molecule has 1 unspecified atom stereocenters. The number of methoxy groups -OCH3 is 1. The highest BCUT2D eigenvalue weighted by Crippen LogP contribution is 2.08. The smallest absolute Gasteiger partial charge is 0.0477 e. The first-order valence-corrected chi connectivity index (χ1v) is 7.13. The van der Waals surface area contributed by atoms with Crippen molar-refractivity contribution in [2.24, 2.45) is 0 Å². The van der Waals surface area contributed by atoms with E-state index < -0.39 is 0 Å². The lowest BCUT2D eigenvalue weighted by atomic mass is 10.0. The molecular formula is C16H27NO. The second kappa shape index (κ2) is 10.1. The Kier molecular flexibility index (Phi) is 8.53. The van der Waals surface area contributed by atoms with Crippen LogP contribution in [0.25, 0.3) is 0 Å². The summed E-state index contributed by atoms with van der Waals surface area (Å²) in [5.41, 5.74) is 1.44. The Hall–Kier alpha value is -0.860. The zero-order valence-corrected chi connectivity index (χ0v) is 11.8. The molecule has 0 heterocycles. The highest BCUT2D eigenvalue weighted by Gasteiger charge is 2.07. The van der Waals surface area contributed by atoms with Crippen LogP contribution in [0.15, 0.2) is 30.3 Å². The fourth-order valence-corrected chi connectivity index (χ4v) is 2.15. The van der Waals surface area contributed by atoms with Crippen molar-refractivity contribution in [3.63, 3.8) is 0 Å². The molecule has 0 bridgehead atoms. The van der Waals surface area contributed by atoms with Gasteiger partial charge in [0.2, 0.25) is 0 Å². The van der Waals surface area contributed by atoms with Gasteiger partial charge in [0.1, 0.15) is 0 Å². The second-order valence-electron chi connectivity index (χ2n) is 4.81. The molecule has 0 amide bonds. The molecule has 1 atom stereocenters. The van der Waals surface area contributed by atoms with Gasteiger partial charge in [-0.3, -0.25) is 0 Å². The van der Waals surface area contributed by atoms with Crippen molar-refractivity contribution in [2.45, 2.75) is 45.1 Å². The molecule has 0 aliphatic heterocycles. The summed E-state index contributed by atoms with van der Waals surface area (Å²) in [5, 5.41) is 3.61. The molecule has 0 aliphatic rings. The van der Waals surface area contributed by atoms with Gasteiger partial charge in [-0.1, -0.05) is 37.3 Å². The summed E-state index contributed by atoms with van der Waals surface area (Å²) in [7, 11) is 1.78. The van der Waals surface area contributed by atoms with Gasteiger partial charge in [0.15, 0.2) is 0 Å². The minimum absolute atomic E-state index is 0.605. The second-order valence-corrected chi connectivity index (χ2v) is 4.81. The Morgan fingerprint density at radius 2 is 1.94 bits per heavy atom. The number of nitrogens with one attached hydrogen (secondary N) is 1. The molecule has 0 saturated carbocycles. The van der Waals surface area contributed by atoms with Gasteiger partial charge in [0, 0.05) is 19.8 Å². The molecule has 1 rings (SSSR count). The van der Waals surface area contributed by atoms with E-state index in [0.717, 1.165) is 19.6 Å². The standard InChI is InChI=1S/C16H27NO/c1-3-13-17-16(12-14-18-2)11-7-10-15-8-5-4-6-9-15/h4-6,8-9,16-17H,3,7,10-14H2,1-2H3. The quantitative estimate of drug-likeness (QED) is 0.686. The van der Waals surface area contributed by atoms with E-state index in [2.05, 4.69) is 42.6 Å². The minimum Gasteiger partial charge on any atom is -0.385 e. The summed E-state index contributed by atoms with van der Waals surface area (Å²) in [6.07, 6.45) is 5.97. The maximum atomic E-state index is 5.18. The summed E-state index contributed by atoms with van der Waals surface area (Å²) < 4.78 is 5.18. The Morgan fingerprint density at radius 1 is 1.17 bits per heavy atom. The highest BCUT2D eigenvalue weighted by molar-refractivity contribution is 5.14. The molecule has 0 spiro atoms. The van der Waals surface area contributed by atoms with Gasteiger partial charge < -0.3 is 10.1 Å². The van der Waals surface area contributed by atoms with E-state index in [-0.39, 0.29) is 0 Å². The number of ether oxygens (including phenoxy) is 1. The number of aryl methyl sites for hydroxylation is 1. The molecule has 1 aromatic rings. The number of hydrogen-bond donors (Lipinski definition) is 1. The van der Waals surface area contributed by atoms with Crippen molar-refractivity contribution in [3.05, 3.63) is 35.9 Å². The molecule has 0 aliphatic carbocycles. The highest BCUT2D eigenvalue weighted by atomic mass is 16.5. The normalized spacial score (nSPS) is 12.6. The van der Waals surface area contributed by atoms with Crippen LogP contribution in [0.5, 0.6) is 0 Å². The SMILES string of the molecule is CCCNC(CCCc1ccccc1)CCOC. The van der Waals surface area contributed by atoms with Crippen LogP contribution in [-0.2, 0) is 11.2 Å². The summed E-state index contributed by atoms with van der Waals surface area (Å²) in [5.74, 6) is 0. The maximum Gasteiger partial charge on any atom is 0.0477 e. The van der Waals surface area contributed by atoms with Gasteiger partial charge in [-0.15, -0.1) is 0 Å². The summed E-state index contributed by atoms with van der Waals surface area (Å²) in [4.78, 5) is 0. The predicted molar refractivity (Wildman–Crippen MR) is 78.0 cm³/mol. The van der Waals surface area contributed by atoms with Crippen molar-refractivity contribution >= 4 is 0 Å². The van der Waals surface area contributed by atoms with E-state index in [1.54, 1.807) is 7.11 Å².